The number of aromatic nitrogens is 5. The van der Waals surface area contributed by atoms with Gasteiger partial charge in [0.1, 0.15) is 23.8 Å². The van der Waals surface area contributed by atoms with E-state index in [-0.39, 0.29) is 62.0 Å². The lowest BCUT2D eigenvalue weighted by atomic mass is 10.0. The molecular formula is C39H43N11O6. The van der Waals surface area contributed by atoms with Crippen LogP contribution in [0.25, 0.3) is 5.69 Å². The largest absolute Gasteiger partial charge is 0.495 e. The Hall–Kier alpha value is -6.39. The van der Waals surface area contributed by atoms with Crippen LogP contribution in [0.2, 0.25) is 0 Å². The van der Waals surface area contributed by atoms with E-state index in [0.717, 1.165) is 36.6 Å². The predicted octanol–water partition coefficient (Wildman–Crippen LogP) is 3.93. The number of amides is 5. The van der Waals surface area contributed by atoms with E-state index in [4.69, 9.17) is 9.72 Å². The number of ether oxygens (including phenoxy) is 1. The van der Waals surface area contributed by atoms with Crippen molar-refractivity contribution in [2.45, 2.75) is 89.4 Å². The van der Waals surface area contributed by atoms with Gasteiger partial charge in [0.25, 0.3) is 11.8 Å². The molecule has 2 aromatic heterocycles. The van der Waals surface area contributed by atoms with Gasteiger partial charge in [0.2, 0.25) is 23.7 Å². The van der Waals surface area contributed by atoms with Gasteiger partial charge in [-0.05, 0) is 62.4 Å². The Morgan fingerprint density at radius 2 is 1.89 bits per heavy atom. The van der Waals surface area contributed by atoms with Crippen LogP contribution in [0.4, 0.5) is 23.1 Å². The number of hydrogen-bond donors (Lipinski definition) is 4. The molecule has 0 spiro atoms. The van der Waals surface area contributed by atoms with E-state index in [1.54, 1.807) is 48.9 Å². The summed E-state index contributed by atoms with van der Waals surface area (Å²) in [6.45, 7) is 2.55. The van der Waals surface area contributed by atoms with Crippen LogP contribution in [0.3, 0.4) is 0 Å². The van der Waals surface area contributed by atoms with E-state index < -0.39 is 11.9 Å². The van der Waals surface area contributed by atoms with Gasteiger partial charge in [0, 0.05) is 54.4 Å². The van der Waals surface area contributed by atoms with Gasteiger partial charge in [-0.1, -0.05) is 25.8 Å². The van der Waals surface area contributed by atoms with Gasteiger partial charge in [-0.25, -0.2) is 4.98 Å². The van der Waals surface area contributed by atoms with Crippen LogP contribution in [0.5, 0.6) is 5.75 Å². The van der Waals surface area contributed by atoms with Crippen molar-refractivity contribution in [2.75, 3.05) is 29.2 Å². The third kappa shape index (κ3) is 6.88. The van der Waals surface area contributed by atoms with Gasteiger partial charge in [-0.3, -0.25) is 33.9 Å². The van der Waals surface area contributed by atoms with Crippen molar-refractivity contribution in [1.29, 1.82) is 0 Å². The SMILES string of the molecule is CC[C@@H]1c2nncn2-c2cnc(Nc3ccc(C(=O)NCCCC(=O)Nc4cccc5c4CN(C4CCC(=O)NC4=O)C5=O)cc3OC)nc2N1C1CCCC1. The van der Waals surface area contributed by atoms with Gasteiger partial charge >= 0.3 is 0 Å². The summed E-state index contributed by atoms with van der Waals surface area (Å²) in [5.74, 6) is 0.784. The molecule has 5 amide bonds. The number of nitrogens with zero attached hydrogens (tertiary/aromatic N) is 7. The molecule has 290 valence electrons. The second-order valence-electron chi connectivity index (χ2n) is 14.4. The number of methoxy groups -OCH3 is 1. The zero-order valence-electron chi connectivity index (χ0n) is 31.2. The van der Waals surface area contributed by atoms with Crippen molar-refractivity contribution in [2.24, 2.45) is 0 Å². The number of benzene rings is 2. The Morgan fingerprint density at radius 3 is 2.68 bits per heavy atom. The van der Waals surface area contributed by atoms with Crippen molar-refractivity contribution >= 4 is 52.7 Å². The minimum atomic E-state index is -0.748. The Labute approximate surface area is 322 Å². The Balaban J connectivity index is 0.870. The van der Waals surface area contributed by atoms with Gasteiger partial charge < -0.3 is 30.5 Å². The van der Waals surface area contributed by atoms with Crippen molar-refractivity contribution in [3.8, 4) is 11.4 Å². The highest BCUT2D eigenvalue weighted by atomic mass is 16.5. The fourth-order valence-corrected chi connectivity index (χ4v) is 8.23. The summed E-state index contributed by atoms with van der Waals surface area (Å²) < 4.78 is 7.63. The van der Waals surface area contributed by atoms with E-state index in [1.807, 2.05) is 4.57 Å². The smallest absolute Gasteiger partial charge is 0.255 e. The molecule has 2 aromatic carbocycles. The quantitative estimate of drug-likeness (QED) is 0.120. The Kier molecular flexibility index (Phi) is 10.1. The van der Waals surface area contributed by atoms with Crippen molar-refractivity contribution in [3.63, 3.8) is 0 Å². The van der Waals surface area contributed by atoms with Crippen LogP contribution >= 0.6 is 0 Å². The maximum atomic E-state index is 13.1. The molecule has 1 saturated carbocycles. The lowest BCUT2D eigenvalue weighted by Crippen LogP contribution is -2.52. The molecule has 2 atom stereocenters. The number of nitrogens with one attached hydrogen (secondary N) is 4. The number of anilines is 4. The molecule has 4 aliphatic rings. The van der Waals surface area contributed by atoms with Gasteiger partial charge in [-0.2, -0.15) is 4.98 Å². The Morgan fingerprint density at radius 1 is 1.05 bits per heavy atom. The monoisotopic (exact) mass is 761 g/mol. The van der Waals surface area contributed by atoms with Crippen molar-refractivity contribution in [3.05, 3.63) is 71.4 Å². The van der Waals surface area contributed by atoms with Crippen LogP contribution < -0.4 is 30.9 Å². The number of hydrogen-bond acceptors (Lipinski definition) is 12. The average molecular weight is 762 g/mol. The number of piperidine rings is 1. The maximum Gasteiger partial charge on any atom is 0.255 e. The van der Waals surface area contributed by atoms with E-state index in [2.05, 4.69) is 48.3 Å². The molecule has 5 heterocycles. The Bertz CT molecular complexity index is 2220. The first-order valence-electron chi connectivity index (χ1n) is 19.1. The minimum Gasteiger partial charge on any atom is -0.495 e. The van der Waals surface area contributed by atoms with Crippen LogP contribution in [-0.2, 0) is 20.9 Å². The zero-order chi connectivity index (χ0) is 38.9. The first-order chi connectivity index (χ1) is 27.2. The fourth-order valence-electron chi connectivity index (χ4n) is 8.23. The van der Waals surface area contributed by atoms with Crippen molar-refractivity contribution in [1.82, 2.24) is 40.3 Å². The molecule has 56 heavy (non-hydrogen) atoms. The standard InChI is InChI=1S/C39H43N11O6/c1-3-28-35-47-42-21-49(35)30-19-41-39(46-34(30)50(28)23-8-4-5-9-23)44-27-14-13-22(18-31(27)56-2)36(53)40-17-7-12-32(51)43-26-11-6-10-24-25(26)20-48(38(24)55)29-15-16-33(52)45-37(29)54/h6,10-11,13-14,18-19,21,23,28-29H,3-5,7-9,12,15-17,20H2,1-2H3,(H,40,53)(H,43,51)(H,41,44,46)(H,45,52,54)/t28-,29?/m1/s1. The number of imide groups is 1. The average Bonchev–Trinajstić information content (AvgIpc) is 3.98. The van der Waals surface area contributed by atoms with E-state index in [1.165, 1.54) is 24.9 Å². The predicted molar refractivity (Wildman–Crippen MR) is 204 cm³/mol. The van der Waals surface area contributed by atoms with Crippen molar-refractivity contribution < 1.29 is 28.7 Å². The molecule has 17 nitrogen and oxygen atoms in total. The van der Waals surface area contributed by atoms with Gasteiger partial charge in [0.15, 0.2) is 11.6 Å². The van der Waals surface area contributed by atoms with Crippen LogP contribution in [0.15, 0.2) is 48.9 Å². The molecule has 0 bridgehead atoms. The fraction of sp³-hybridized carbons (Fsp3) is 0.410. The maximum absolute atomic E-state index is 13.1. The zero-order valence-corrected chi connectivity index (χ0v) is 31.2. The second-order valence-corrected chi connectivity index (χ2v) is 14.4. The topological polar surface area (TPSA) is 206 Å². The molecule has 2 fully saturated rings. The van der Waals surface area contributed by atoms with Crippen LogP contribution in [0, 0.1) is 0 Å². The summed E-state index contributed by atoms with van der Waals surface area (Å²) in [6.07, 6.45) is 9.79. The third-order valence-electron chi connectivity index (χ3n) is 11.0. The molecule has 17 heteroatoms. The highest BCUT2D eigenvalue weighted by Gasteiger charge is 2.41. The van der Waals surface area contributed by atoms with Crippen LogP contribution in [0.1, 0.15) is 103 Å². The molecule has 1 aliphatic carbocycles. The second kappa shape index (κ2) is 15.4. The summed E-state index contributed by atoms with van der Waals surface area (Å²) in [5.41, 5.74) is 3.33. The molecule has 3 aliphatic heterocycles. The van der Waals surface area contributed by atoms with E-state index in [9.17, 15) is 24.0 Å². The first-order valence-corrected chi connectivity index (χ1v) is 19.1. The normalized spacial score (nSPS) is 18.9. The molecule has 8 rings (SSSR count). The lowest BCUT2D eigenvalue weighted by molar-refractivity contribution is -0.137. The van der Waals surface area contributed by atoms with E-state index >= 15 is 0 Å². The number of fused-ring (bicyclic) bond motifs is 4. The summed E-state index contributed by atoms with van der Waals surface area (Å²) in [7, 11) is 1.53. The first kappa shape index (κ1) is 36.6. The molecule has 0 radical (unpaired) electrons. The summed E-state index contributed by atoms with van der Waals surface area (Å²) in [5, 5.41) is 20.0. The summed E-state index contributed by atoms with van der Waals surface area (Å²) in [6, 6.07) is 9.77. The number of carbonyl (C=O) groups excluding carboxylic acids is 5. The molecule has 4 N–H and O–H groups in total. The lowest BCUT2D eigenvalue weighted by Gasteiger charge is -2.40. The summed E-state index contributed by atoms with van der Waals surface area (Å²) in [4.78, 5) is 76.7. The van der Waals surface area contributed by atoms with E-state index in [0.29, 0.717) is 52.2 Å². The minimum absolute atomic E-state index is 0.0500. The molecule has 1 saturated heterocycles. The van der Waals surface area contributed by atoms with Gasteiger partial charge in [-0.15, -0.1) is 10.2 Å². The molecular weight excluding hydrogens is 718 g/mol. The highest BCUT2D eigenvalue weighted by molar-refractivity contribution is 6.07. The highest BCUT2D eigenvalue weighted by Crippen LogP contribution is 2.43. The molecule has 4 aromatic rings. The summed E-state index contributed by atoms with van der Waals surface area (Å²) >= 11 is 0. The van der Waals surface area contributed by atoms with Crippen LogP contribution in [-0.4, -0.2) is 84.9 Å². The third-order valence-corrected chi connectivity index (χ3v) is 11.0. The number of rotatable bonds is 12. The number of carbonyl (C=O) groups is 5. The molecule has 1 unspecified atom stereocenters. The van der Waals surface area contributed by atoms with Gasteiger partial charge in [0.05, 0.1) is 25.0 Å².